The number of rotatable bonds is 6. The zero-order valence-corrected chi connectivity index (χ0v) is 16.8. The summed E-state index contributed by atoms with van der Waals surface area (Å²) >= 11 is 1.37. The van der Waals surface area contributed by atoms with Crippen molar-refractivity contribution >= 4 is 38.9 Å². The van der Waals surface area contributed by atoms with Crippen molar-refractivity contribution in [2.75, 3.05) is 37.7 Å². The lowest BCUT2D eigenvalue weighted by molar-refractivity contribution is -0.142. The molecule has 152 valence electrons. The van der Waals surface area contributed by atoms with Crippen molar-refractivity contribution < 1.29 is 27.9 Å². The highest BCUT2D eigenvalue weighted by atomic mass is 32.2. The van der Waals surface area contributed by atoms with E-state index in [4.69, 9.17) is 4.74 Å². The number of sulfone groups is 1. The van der Waals surface area contributed by atoms with Crippen molar-refractivity contribution in [3.05, 3.63) is 27.9 Å². The van der Waals surface area contributed by atoms with Crippen LogP contribution in [-0.4, -0.2) is 85.0 Å². The number of nitrogens with zero attached hydrogens (tertiary/aromatic N) is 3. The van der Waals surface area contributed by atoms with Crippen molar-refractivity contribution in [1.82, 2.24) is 15.2 Å². The number of thiazole rings is 1. The Balaban J connectivity index is 1.87. The van der Waals surface area contributed by atoms with Crippen LogP contribution in [0.4, 0.5) is 0 Å². The van der Waals surface area contributed by atoms with Crippen LogP contribution < -0.4 is 5.32 Å². The quantitative estimate of drug-likeness (QED) is 0.574. The molecule has 3 rings (SSSR count). The zero-order chi connectivity index (χ0) is 20.3. The first-order chi connectivity index (χ1) is 13.3. The number of carboxylic acids is 1. The predicted octanol–water partition coefficient (Wildman–Crippen LogP) is -0.506. The summed E-state index contributed by atoms with van der Waals surface area (Å²) in [5, 5.41) is 15.0. The highest BCUT2D eigenvalue weighted by Gasteiger charge is 2.37. The molecule has 1 fully saturated rings. The lowest BCUT2D eigenvalue weighted by Gasteiger charge is -2.34. The molecule has 1 unspecified atom stereocenters. The van der Waals surface area contributed by atoms with E-state index in [0.717, 1.165) is 0 Å². The number of carbonyl (C=O) groups is 2. The first-order valence-corrected chi connectivity index (χ1v) is 11.3. The molecule has 10 nitrogen and oxygen atoms in total. The van der Waals surface area contributed by atoms with Gasteiger partial charge in [0, 0.05) is 30.4 Å². The van der Waals surface area contributed by atoms with Gasteiger partial charge in [-0.2, -0.15) is 0 Å². The maximum absolute atomic E-state index is 12.3. The molecule has 1 aromatic rings. The molecule has 3 heterocycles. The number of aliphatic imine (C=N–C) groups is 1. The second-order valence-electron chi connectivity index (χ2n) is 6.24. The molecule has 0 radical (unpaired) electrons. The van der Waals surface area contributed by atoms with E-state index in [1.54, 1.807) is 18.5 Å². The van der Waals surface area contributed by atoms with E-state index in [1.165, 1.54) is 16.2 Å². The van der Waals surface area contributed by atoms with Gasteiger partial charge in [0.05, 0.1) is 30.2 Å². The van der Waals surface area contributed by atoms with Crippen LogP contribution in [0.5, 0.6) is 0 Å². The molecule has 28 heavy (non-hydrogen) atoms. The van der Waals surface area contributed by atoms with Crippen molar-refractivity contribution in [3.63, 3.8) is 0 Å². The molecular weight excluding hydrogens is 408 g/mol. The summed E-state index contributed by atoms with van der Waals surface area (Å²) in [6, 6.07) is -1.18. The molecule has 0 saturated carbocycles. The first-order valence-electron chi connectivity index (χ1n) is 8.58. The standard InChI is InChI=1S/C16H20N4O6S2/c1-2-26-16(23)10-7-18-13(14-17-3-5-27-14)19-11(10)8-20-4-6-28(24,25)9-12(20)15(21)22/h3,5,12H,2,4,6-9H2,1H3,(H,18,19)(H,21,22). The van der Waals surface area contributed by atoms with Gasteiger partial charge in [-0.25, -0.2) is 18.2 Å². The highest BCUT2D eigenvalue weighted by molar-refractivity contribution is 7.91. The normalized spacial score (nSPS) is 22.3. The monoisotopic (exact) mass is 428 g/mol. The SMILES string of the molecule is CCOC(=O)C1=C(CN2CCS(=O)(=O)CC2C(=O)O)NC(c2nccs2)=NC1. The maximum atomic E-state index is 12.3. The molecular formula is C16H20N4O6S2. The number of hydrogen-bond acceptors (Lipinski definition) is 10. The van der Waals surface area contributed by atoms with Gasteiger partial charge in [0.1, 0.15) is 6.04 Å². The number of carboxylic acid groups (broad SMARTS) is 1. The van der Waals surface area contributed by atoms with Crippen LogP contribution >= 0.6 is 11.3 Å². The summed E-state index contributed by atoms with van der Waals surface area (Å²) in [4.78, 5) is 34.0. The van der Waals surface area contributed by atoms with Crippen molar-refractivity contribution in [3.8, 4) is 0 Å². The number of ether oxygens (including phenoxy) is 1. The first kappa shape index (κ1) is 20.4. The number of esters is 1. The molecule has 2 N–H and O–H groups in total. The van der Waals surface area contributed by atoms with E-state index in [1.807, 2.05) is 0 Å². The average Bonchev–Trinajstić information content (AvgIpc) is 3.17. The number of hydrogen-bond donors (Lipinski definition) is 2. The summed E-state index contributed by atoms with van der Waals surface area (Å²) < 4.78 is 28.8. The fourth-order valence-electron chi connectivity index (χ4n) is 2.98. The van der Waals surface area contributed by atoms with E-state index in [2.05, 4.69) is 15.3 Å². The third-order valence-electron chi connectivity index (χ3n) is 4.37. The van der Waals surface area contributed by atoms with Crippen molar-refractivity contribution in [1.29, 1.82) is 0 Å². The van der Waals surface area contributed by atoms with Gasteiger partial charge in [-0.15, -0.1) is 11.3 Å². The summed E-state index contributed by atoms with van der Waals surface area (Å²) in [6.07, 6.45) is 1.63. The van der Waals surface area contributed by atoms with Crippen LogP contribution in [0.1, 0.15) is 11.9 Å². The minimum absolute atomic E-state index is 0.0598. The van der Waals surface area contributed by atoms with Gasteiger partial charge in [0.2, 0.25) is 0 Å². The van der Waals surface area contributed by atoms with E-state index >= 15 is 0 Å². The second kappa shape index (κ2) is 8.37. The van der Waals surface area contributed by atoms with Gasteiger partial charge in [0.15, 0.2) is 20.7 Å². The number of amidine groups is 1. The van der Waals surface area contributed by atoms with Crippen LogP contribution in [0, 0.1) is 0 Å². The highest BCUT2D eigenvalue weighted by Crippen LogP contribution is 2.19. The average molecular weight is 428 g/mol. The molecule has 1 aromatic heterocycles. The van der Waals surface area contributed by atoms with E-state index in [0.29, 0.717) is 22.1 Å². The Morgan fingerprint density at radius 2 is 2.25 bits per heavy atom. The van der Waals surface area contributed by atoms with E-state index in [9.17, 15) is 23.1 Å². The van der Waals surface area contributed by atoms with Gasteiger partial charge >= 0.3 is 11.9 Å². The molecule has 0 amide bonds. The minimum Gasteiger partial charge on any atom is -0.480 e. The lowest BCUT2D eigenvalue weighted by Crippen LogP contribution is -2.54. The summed E-state index contributed by atoms with van der Waals surface area (Å²) in [6.45, 7) is 2.07. The molecule has 0 aromatic carbocycles. The molecule has 2 aliphatic rings. The fourth-order valence-corrected chi connectivity index (χ4v) is 5.09. The number of aliphatic carboxylic acids is 1. The van der Waals surface area contributed by atoms with Gasteiger partial charge in [0.25, 0.3) is 0 Å². The number of nitrogens with one attached hydrogen (secondary N) is 1. The van der Waals surface area contributed by atoms with E-state index < -0.39 is 33.6 Å². The lowest BCUT2D eigenvalue weighted by atomic mass is 10.1. The van der Waals surface area contributed by atoms with Gasteiger partial charge in [-0.05, 0) is 6.92 Å². The van der Waals surface area contributed by atoms with Crippen LogP contribution in [0.15, 0.2) is 27.8 Å². The summed E-state index contributed by atoms with van der Waals surface area (Å²) in [5.74, 6) is -1.87. The molecule has 0 bridgehead atoms. The summed E-state index contributed by atoms with van der Waals surface area (Å²) in [7, 11) is -3.42. The van der Waals surface area contributed by atoms with Crippen LogP contribution in [0.2, 0.25) is 0 Å². The predicted molar refractivity (Wildman–Crippen MR) is 102 cm³/mol. The maximum Gasteiger partial charge on any atom is 0.337 e. The van der Waals surface area contributed by atoms with Gasteiger partial charge in [-0.1, -0.05) is 0 Å². The fraction of sp³-hybridized carbons (Fsp3) is 0.500. The topological polar surface area (TPSA) is 138 Å². The van der Waals surface area contributed by atoms with Gasteiger partial charge < -0.3 is 15.2 Å². The van der Waals surface area contributed by atoms with E-state index in [-0.39, 0.29) is 32.0 Å². The number of aromatic nitrogens is 1. The van der Waals surface area contributed by atoms with Crippen LogP contribution in [0.25, 0.3) is 0 Å². The Hall–Kier alpha value is -2.31. The van der Waals surface area contributed by atoms with Crippen LogP contribution in [0.3, 0.4) is 0 Å². The summed E-state index contributed by atoms with van der Waals surface area (Å²) in [5.41, 5.74) is 0.740. The molecule has 12 heteroatoms. The third kappa shape index (κ3) is 4.56. The van der Waals surface area contributed by atoms with Crippen molar-refractivity contribution in [2.24, 2.45) is 4.99 Å². The Morgan fingerprint density at radius 3 is 2.89 bits per heavy atom. The Labute approximate surface area is 165 Å². The van der Waals surface area contributed by atoms with Gasteiger partial charge in [-0.3, -0.25) is 14.7 Å². The Morgan fingerprint density at radius 1 is 1.46 bits per heavy atom. The zero-order valence-electron chi connectivity index (χ0n) is 15.1. The second-order valence-corrected chi connectivity index (χ2v) is 9.37. The minimum atomic E-state index is -3.42. The number of carbonyl (C=O) groups excluding carboxylic acids is 1. The smallest absolute Gasteiger partial charge is 0.337 e. The molecule has 0 aliphatic carbocycles. The molecule has 1 atom stereocenters. The molecule has 1 saturated heterocycles. The molecule has 2 aliphatic heterocycles. The third-order valence-corrected chi connectivity index (χ3v) is 6.78. The largest absolute Gasteiger partial charge is 0.480 e. The van der Waals surface area contributed by atoms with Crippen molar-refractivity contribution in [2.45, 2.75) is 13.0 Å². The Kier molecular flexibility index (Phi) is 6.10. The Bertz CT molecular complexity index is 923. The molecule has 0 spiro atoms. The van der Waals surface area contributed by atoms with Crippen LogP contribution in [-0.2, 0) is 24.2 Å².